The van der Waals surface area contributed by atoms with Crippen LogP contribution in [0.1, 0.15) is 18.4 Å². The number of hydrogen-bond donors (Lipinski definition) is 1. The Hall–Kier alpha value is -2.04. The maximum Gasteiger partial charge on any atom is 0.270 e. The minimum Gasteiger partial charge on any atom is -0.340 e. The average Bonchev–Trinajstić information content (AvgIpc) is 2.68. The lowest BCUT2D eigenvalue weighted by molar-refractivity contribution is -0.385. The minimum atomic E-state index is -3.84. The third-order valence-electron chi connectivity index (χ3n) is 5.24. The van der Waals surface area contributed by atoms with Crippen LogP contribution in [0.2, 0.25) is 0 Å². The predicted octanol–water partition coefficient (Wildman–Crippen LogP) is 0.736. The van der Waals surface area contributed by atoms with Crippen LogP contribution in [0.15, 0.2) is 23.1 Å². The Labute approximate surface area is 158 Å². The summed E-state index contributed by atoms with van der Waals surface area (Å²) in [7, 11) is -3.84. The van der Waals surface area contributed by atoms with Crippen LogP contribution in [-0.4, -0.2) is 67.7 Å². The number of amides is 1. The van der Waals surface area contributed by atoms with Crippen LogP contribution >= 0.6 is 0 Å². The molecule has 2 heterocycles. The standard InChI is InChI=1S/C17H24N4O5S/c1-13-2-3-15(21(23)24)12-16(13)27(25,26)20-10-8-19(9-11-20)17(22)14-4-6-18-7-5-14/h2-3,12,14,18H,4-11H2,1H3. The molecule has 1 N–H and O–H groups in total. The molecule has 2 saturated heterocycles. The molecule has 10 heteroatoms. The molecular formula is C17H24N4O5S. The van der Waals surface area contributed by atoms with Crippen molar-refractivity contribution in [3.05, 3.63) is 33.9 Å². The van der Waals surface area contributed by atoms with Gasteiger partial charge < -0.3 is 10.2 Å². The highest BCUT2D eigenvalue weighted by Gasteiger charge is 2.34. The number of nitrogens with zero attached hydrogens (tertiary/aromatic N) is 3. The van der Waals surface area contributed by atoms with Gasteiger partial charge in [-0.25, -0.2) is 8.42 Å². The van der Waals surface area contributed by atoms with Crippen LogP contribution in [0, 0.1) is 23.0 Å². The molecule has 0 aromatic heterocycles. The van der Waals surface area contributed by atoms with E-state index in [9.17, 15) is 23.3 Å². The highest BCUT2D eigenvalue weighted by molar-refractivity contribution is 7.89. The van der Waals surface area contributed by atoms with Gasteiger partial charge in [-0.15, -0.1) is 0 Å². The number of piperazine rings is 1. The largest absolute Gasteiger partial charge is 0.340 e. The van der Waals surface area contributed by atoms with Gasteiger partial charge >= 0.3 is 0 Å². The molecule has 0 unspecified atom stereocenters. The summed E-state index contributed by atoms with van der Waals surface area (Å²) in [6.07, 6.45) is 1.62. The number of carbonyl (C=O) groups is 1. The first-order valence-electron chi connectivity index (χ1n) is 9.05. The molecule has 2 fully saturated rings. The van der Waals surface area contributed by atoms with E-state index >= 15 is 0 Å². The van der Waals surface area contributed by atoms with Crippen LogP contribution in [0.4, 0.5) is 5.69 Å². The number of non-ortho nitro benzene ring substituents is 1. The molecule has 148 valence electrons. The summed E-state index contributed by atoms with van der Waals surface area (Å²) in [4.78, 5) is 24.7. The highest BCUT2D eigenvalue weighted by atomic mass is 32.2. The number of hydrogen-bond acceptors (Lipinski definition) is 6. The number of piperidine rings is 1. The van der Waals surface area contributed by atoms with Crippen molar-refractivity contribution in [3.63, 3.8) is 0 Å². The first kappa shape index (κ1) is 19.7. The lowest BCUT2D eigenvalue weighted by atomic mass is 9.96. The van der Waals surface area contributed by atoms with Crippen molar-refractivity contribution in [2.24, 2.45) is 5.92 Å². The zero-order valence-corrected chi connectivity index (χ0v) is 16.1. The van der Waals surface area contributed by atoms with Gasteiger partial charge in [-0.2, -0.15) is 4.31 Å². The number of nitro benzene ring substituents is 1. The predicted molar refractivity (Wildman–Crippen MR) is 98.8 cm³/mol. The molecule has 1 aromatic carbocycles. The first-order chi connectivity index (χ1) is 12.8. The average molecular weight is 396 g/mol. The second-order valence-electron chi connectivity index (χ2n) is 6.96. The summed E-state index contributed by atoms with van der Waals surface area (Å²) >= 11 is 0. The summed E-state index contributed by atoms with van der Waals surface area (Å²) < 4.78 is 27.2. The minimum absolute atomic E-state index is 0.00780. The van der Waals surface area contributed by atoms with Crippen LogP contribution in [0.5, 0.6) is 0 Å². The summed E-state index contributed by atoms with van der Waals surface area (Å²) in [5.41, 5.74) is 0.215. The molecule has 0 spiro atoms. The van der Waals surface area contributed by atoms with Crippen molar-refractivity contribution in [1.29, 1.82) is 0 Å². The van der Waals surface area contributed by atoms with Crippen molar-refractivity contribution in [3.8, 4) is 0 Å². The van der Waals surface area contributed by atoms with Gasteiger partial charge in [-0.1, -0.05) is 6.07 Å². The van der Waals surface area contributed by atoms with Crippen LogP contribution in [0.25, 0.3) is 0 Å². The van der Waals surface area contributed by atoms with E-state index in [1.807, 2.05) is 0 Å². The fraction of sp³-hybridized carbons (Fsp3) is 0.588. The lowest BCUT2D eigenvalue weighted by Crippen LogP contribution is -2.52. The summed E-state index contributed by atoms with van der Waals surface area (Å²) in [5, 5.41) is 14.2. The van der Waals surface area contributed by atoms with Crippen LogP contribution in [0.3, 0.4) is 0 Å². The Balaban J connectivity index is 1.70. The second-order valence-corrected chi connectivity index (χ2v) is 8.87. The third-order valence-corrected chi connectivity index (χ3v) is 7.28. The van der Waals surface area contributed by atoms with Gasteiger partial charge in [0.1, 0.15) is 0 Å². The maximum atomic E-state index is 13.0. The molecule has 3 rings (SSSR count). The number of carbonyl (C=O) groups excluding carboxylic acids is 1. The van der Waals surface area contributed by atoms with Gasteiger partial charge in [0, 0.05) is 44.2 Å². The Morgan fingerprint density at radius 3 is 2.41 bits per heavy atom. The molecule has 0 aliphatic carbocycles. The van der Waals surface area contributed by atoms with E-state index in [0.29, 0.717) is 18.7 Å². The van der Waals surface area contributed by atoms with E-state index in [0.717, 1.165) is 32.0 Å². The van der Waals surface area contributed by atoms with Gasteiger partial charge in [-0.3, -0.25) is 14.9 Å². The molecule has 2 aliphatic rings. The second kappa shape index (κ2) is 7.91. The number of nitrogens with one attached hydrogen (secondary N) is 1. The molecule has 0 radical (unpaired) electrons. The third kappa shape index (κ3) is 4.12. The molecule has 27 heavy (non-hydrogen) atoms. The quantitative estimate of drug-likeness (QED) is 0.593. The van der Waals surface area contributed by atoms with Gasteiger partial charge in [0.2, 0.25) is 15.9 Å². The van der Waals surface area contributed by atoms with Crippen molar-refractivity contribution in [1.82, 2.24) is 14.5 Å². The molecule has 1 aromatic rings. The van der Waals surface area contributed by atoms with Crippen LogP contribution < -0.4 is 5.32 Å². The van der Waals surface area contributed by atoms with E-state index in [4.69, 9.17) is 0 Å². The molecule has 2 aliphatic heterocycles. The normalized spacial score (nSPS) is 19.8. The summed E-state index contributed by atoms with van der Waals surface area (Å²) in [6, 6.07) is 3.85. The summed E-state index contributed by atoms with van der Waals surface area (Å²) in [6.45, 7) is 4.36. The first-order valence-corrected chi connectivity index (χ1v) is 10.5. The van der Waals surface area contributed by atoms with E-state index in [1.165, 1.54) is 16.4 Å². The fourth-order valence-electron chi connectivity index (χ4n) is 3.60. The number of nitro groups is 1. The lowest BCUT2D eigenvalue weighted by Gasteiger charge is -2.36. The molecular weight excluding hydrogens is 372 g/mol. The number of sulfonamides is 1. The van der Waals surface area contributed by atoms with E-state index in [1.54, 1.807) is 11.8 Å². The van der Waals surface area contributed by atoms with E-state index < -0.39 is 14.9 Å². The zero-order valence-electron chi connectivity index (χ0n) is 15.3. The van der Waals surface area contributed by atoms with Crippen molar-refractivity contribution >= 4 is 21.6 Å². The van der Waals surface area contributed by atoms with Gasteiger partial charge in [0.15, 0.2) is 0 Å². The Bertz CT molecular complexity index is 828. The SMILES string of the molecule is Cc1ccc([N+](=O)[O-])cc1S(=O)(=O)N1CCN(C(=O)C2CCNCC2)CC1. The summed E-state index contributed by atoms with van der Waals surface area (Å²) in [5.74, 6) is 0.105. The smallest absolute Gasteiger partial charge is 0.270 e. The van der Waals surface area contributed by atoms with Crippen molar-refractivity contribution < 1.29 is 18.1 Å². The number of aryl methyl sites for hydroxylation is 1. The Morgan fingerprint density at radius 1 is 1.19 bits per heavy atom. The van der Waals surface area contributed by atoms with Crippen molar-refractivity contribution in [2.45, 2.75) is 24.7 Å². The van der Waals surface area contributed by atoms with Gasteiger partial charge in [0.25, 0.3) is 5.69 Å². The van der Waals surface area contributed by atoms with Gasteiger partial charge in [0.05, 0.1) is 9.82 Å². The molecule has 0 saturated carbocycles. The topological polar surface area (TPSA) is 113 Å². The highest BCUT2D eigenvalue weighted by Crippen LogP contribution is 2.26. The molecule has 1 amide bonds. The molecule has 0 atom stereocenters. The van der Waals surface area contributed by atoms with Crippen LogP contribution in [-0.2, 0) is 14.8 Å². The van der Waals surface area contributed by atoms with Crippen molar-refractivity contribution in [2.75, 3.05) is 39.3 Å². The fourth-order valence-corrected chi connectivity index (χ4v) is 5.26. The number of rotatable bonds is 4. The molecule has 0 bridgehead atoms. The van der Waals surface area contributed by atoms with E-state index in [-0.39, 0.29) is 35.5 Å². The molecule has 9 nitrogen and oxygen atoms in total. The van der Waals surface area contributed by atoms with E-state index in [2.05, 4.69) is 5.32 Å². The number of benzene rings is 1. The zero-order chi connectivity index (χ0) is 19.6. The van der Waals surface area contributed by atoms with Gasteiger partial charge in [-0.05, 0) is 38.4 Å². The Kier molecular flexibility index (Phi) is 5.78. The maximum absolute atomic E-state index is 13.0. The Morgan fingerprint density at radius 2 is 1.81 bits per heavy atom. The monoisotopic (exact) mass is 396 g/mol.